The third-order valence-corrected chi connectivity index (χ3v) is 12.6. The molecule has 0 aromatic rings. The smallest absolute Gasteiger partial charge is 0.224 e. The van der Waals surface area contributed by atoms with E-state index in [-0.39, 0.29) is 50.3 Å². The number of allylic oxidation sites excluding steroid dienone is 2. The van der Waals surface area contributed by atoms with Crippen LogP contribution < -0.4 is 11.1 Å². The highest BCUT2D eigenvalue weighted by molar-refractivity contribution is 5.82. The molecule has 0 unspecified atom stereocenters. The fourth-order valence-electron chi connectivity index (χ4n) is 10.5. The van der Waals surface area contributed by atoms with Gasteiger partial charge in [0.15, 0.2) is 0 Å². The second-order valence-electron chi connectivity index (χ2n) is 15.0. The summed E-state index contributed by atoms with van der Waals surface area (Å²) in [7, 11) is 0. The summed E-state index contributed by atoms with van der Waals surface area (Å²) < 4.78 is 0. The molecule has 34 heavy (non-hydrogen) atoms. The Morgan fingerprint density at radius 3 is 2.29 bits per heavy atom. The molecular weight excluding hydrogens is 420 g/mol. The number of amides is 2. The third kappa shape index (κ3) is 3.01. The topological polar surface area (TPSA) is 72.2 Å². The highest BCUT2D eigenvalue weighted by Gasteiger charge is 2.68. The van der Waals surface area contributed by atoms with E-state index in [2.05, 4.69) is 59.9 Å². The first-order valence-electron chi connectivity index (χ1n) is 13.9. The lowest BCUT2D eigenvalue weighted by molar-refractivity contribution is -0.164. The maximum Gasteiger partial charge on any atom is 0.224 e. The van der Waals surface area contributed by atoms with Gasteiger partial charge in [0.2, 0.25) is 11.8 Å². The Morgan fingerprint density at radius 2 is 1.62 bits per heavy atom. The molecule has 7 atom stereocenters. The molecule has 4 fully saturated rings. The first-order chi connectivity index (χ1) is 15.6. The number of fused-ring (bicyclic) bond motifs is 7. The number of hydrogen-bond acceptors (Lipinski definition) is 2. The number of rotatable bonds is 1. The Kier molecular flexibility index (Phi) is 5.11. The van der Waals surface area contributed by atoms with Crippen molar-refractivity contribution in [2.45, 2.75) is 118 Å². The summed E-state index contributed by atoms with van der Waals surface area (Å²) in [6.07, 6.45) is 12.7. The molecule has 4 heteroatoms. The lowest BCUT2D eigenvalue weighted by atomic mass is 9.35. The van der Waals surface area contributed by atoms with Gasteiger partial charge in [0.05, 0.1) is 5.41 Å². The van der Waals surface area contributed by atoms with Crippen LogP contribution in [0, 0.1) is 44.8 Å². The first kappa shape index (κ1) is 24.4. The van der Waals surface area contributed by atoms with Gasteiger partial charge in [-0.15, -0.1) is 0 Å². The molecule has 3 saturated carbocycles. The van der Waals surface area contributed by atoms with Crippen LogP contribution in [-0.2, 0) is 9.59 Å². The largest absolute Gasteiger partial charge is 0.369 e. The number of nitrogens with two attached hydrogens (primary N) is 1. The van der Waals surface area contributed by atoms with Crippen molar-refractivity contribution in [3.8, 4) is 0 Å². The van der Waals surface area contributed by atoms with E-state index in [4.69, 9.17) is 5.73 Å². The van der Waals surface area contributed by atoms with Crippen LogP contribution in [0.5, 0.6) is 0 Å². The van der Waals surface area contributed by atoms with Crippen LogP contribution >= 0.6 is 0 Å². The maximum absolute atomic E-state index is 13.0. The van der Waals surface area contributed by atoms with E-state index in [9.17, 15) is 9.59 Å². The van der Waals surface area contributed by atoms with Gasteiger partial charge in [-0.3, -0.25) is 9.59 Å². The van der Waals surface area contributed by atoms with Crippen LogP contribution in [0.25, 0.3) is 0 Å². The first-order valence-corrected chi connectivity index (χ1v) is 13.9. The number of hydrogen-bond donors (Lipinski definition) is 2. The minimum atomic E-state index is -0.355. The quantitative estimate of drug-likeness (QED) is 0.454. The number of carbonyl (C=O) groups is 2. The zero-order valence-electron chi connectivity index (χ0n) is 22.8. The van der Waals surface area contributed by atoms with E-state index in [1.54, 1.807) is 5.57 Å². The number of nitrogens with one attached hydrogen (secondary N) is 1. The molecule has 0 spiro atoms. The average molecular weight is 469 g/mol. The molecule has 1 saturated heterocycles. The van der Waals surface area contributed by atoms with E-state index in [0.29, 0.717) is 18.3 Å². The Hall–Kier alpha value is -1.32. The molecule has 2 amide bonds. The molecule has 5 rings (SSSR count). The number of carbonyl (C=O) groups excluding carboxylic acids is 2. The fourth-order valence-corrected chi connectivity index (χ4v) is 10.5. The molecule has 0 radical (unpaired) electrons. The van der Waals surface area contributed by atoms with Crippen molar-refractivity contribution in [3.05, 3.63) is 11.6 Å². The van der Waals surface area contributed by atoms with Gasteiger partial charge in [-0.25, -0.2) is 0 Å². The van der Waals surface area contributed by atoms with E-state index < -0.39 is 0 Å². The van der Waals surface area contributed by atoms with E-state index >= 15 is 0 Å². The molecule has 4 nitrogen and oxygen atoms in total. The van der Waals surface area contributed by atoms with E-state index in [0.717, 1.165) is 51.4 Å². The summed E-state index contributed by atoms with van der Waals surface area (Å²) in [4.78, 5) is 25.7. The molecule has 5 aliphatic rings. The molecule has 3 N–H and O–H groups in total. The Morgan fingerprint density at radius 1 is 0.941 bits per heavy atom. The molecule has 1 heterocycles. The molecule has 4 aliphatic carbocycles. The fraction of sp³-hybridized carbons (Fsp3) is 0.867. The monoisotopic (exact) mass is 468 g/mol. The minimum absolute atomic E-state index is 0.0611. The maximum atomic E-state index is 13.0. The average Bonchev–Trinajstić information content (AvgIpc) is 2.80. The molecule has 0 aromatic heterocycles. The van der Waals surface area contributed by atoms with Gasteiger partial charge in [-0.05, 0) is 111 Å². The zero-order valence-corrected chi connectivity index (χ0v) is 22.8. The lowest BCUT2D eigenvalue weighted by Crippen LogP contribution is -2.65. The van der Waals surface area contributed by atoms with Gasteiger partial charge in [-0.2, -0.15) is 0 Å². The molecule has 1 aliphatic heterocycles. The number of primary amides is 1. The summed E-state index contributed by atoms with van der Waals surface area (Å²) in [5, 5.41) is 3.37. The highest BCUT2D eigenvalue weighted by Crippen LogP contribution is 2.74. The lowest BCUT2D eigenvalue weighted by Gasteiger charge is -2.69. The van der Waals surface area contributed by atoms with Crippen molar-refractivity contribution in [3.63, 3.8) is 0 Å². The van der Waals surface area contributed by atoms with Gasteiger partial charge in [0.25, 0.3) is 0 Å². The predicted molar refractivity (Wildman–Crippen MR) is 137 cm³/mol. The standard InChI is InChI=1S/C30H48N2O2/c1-25(2)14-16-30(24(31)34)17-15-28(6)19(20(30)18-25)8-9-22-27(5)12-11-23(33)32-26(3,4)21(27)10-13-29(22,28)7/h8,20-22H,9-18H2,1-7H3,(H2,31,34)(H,32,33)/t20-,21-,22+,27-,28+,29+,30-/m0/s1. The normalized spacial score (nSPS) is 49.2. The summed E-state index contributed by atoms with van der Waals surface area (Å²) >= 11 is 0. The van der Waals surface area contributed by atoms with Crippen molar-refractivity contribution in [2.75, 3.05) is 0 Å². The van der Waals surface area contributed by atoms with Crippen molar-refractivity contribution in [1.29, 1.82) is 0 Å². The van der Waals surface area contributed by atoms with Crippen LogP contribution in [0.4, 0.5) is 0 Å². The Bertz CT molecular complexity index is 949. The van der Waals surface area contributed by atoms with Gasteiger partial charge < -0.3 is 11.1 Å². The second kappa shape index (κ2) is 7.13. The van der Waals surface area contributed by atoms with Gasteiger partial charge >= 0.3 is 0 Å². The van der Waals surface area contributed by atoms with Crippen molar-refractivity contribution < 1.29 is 9.59 Å². The third-order valence-electron chi connectivity index (χ3n) is 12.6. The summed E-state index contributed by atoms with van der Waals surface area (Å²) in [5.41, 5.74) is 7.88. The van der Waals surface area contributed by atoms with Crippen molar-refractivity contribution in [2.24, 2.45) is 50.6 Å². The van der Waals surface area contributed by atoms with Crippen LogP contribution in [0.2, 0.25) is 0 Å². The molecular formula is C30H48N2O2. The summed E-state index contributed by atoms with van der Waals surface area (Å²) in [5.74, 6) is 1.48. The minimum Gasteiger partial charge on any atom is -0.369 e. The molecule has 190 valence electrons. The van der Waals surface area contributed by atoms with E-state index in [1.165, 1.54) is 6.42 Å². The molecule has 0 aromatic carbocycles. The van der Waals surface area contributed by atoms with Crippen molar-refractivity contribution >= 4 is 11.8 Å². The van der Waals surface area contributed by atoms with Gasteiger partial charge in [0, 0.05) is 12.0 Å². The predicted octanol–water partition coefficient (Wildman–Crippen LogP) is 6.14. The zero-order chi connectivity index (χ0) is 24.9. The van der Waals surface area contributed by atoms with Gasteiger partial charge in [-0.1, -0.05) is 46.3 Å². The summed E-state index contributed by atoms with van der Waals surface area (Å²) in [6, 6.07) is 0. The van der Waals surface area contributed by atoms with Crippen LogP contribution in [0.1, 0.15) is 113 Å². The summed E-state index contributed by atoms with van der Waals surface area (Å²) in [6.45, 7) is 16.9. The van der Waals surface area contributed by atoms with Crippen LogP contribution in [0.3, 0.4) is 0 Å². The van der Waals surface area contributed by atoms with Crippen LogP contribution in [0.15, 0.2) is 11.6 Å². The molecule has 0 bridgehead atoms. The van der Waals surface area contributed by atoms with Crippen molar-refractivity contribution in [1.82, 2.24) is 5.32 Å². The second-order valence-corrected chi connectivity index (χ2v) is 15.0. The highest BCUT2D eigenvalue weighted by atomic mass is 16.2. The van der Waals surface area contributed by atoms with Crippen LogP contribution in [-0.4, -0.2) is 17.4 Å². The SMILES string of the molecule is CC1(C)CC[C@]2(C(N)=O)CC[C@]3(C)C(=CC[C@@H]4[C@@]5(C)CCC(=O)NC(C)(C)[C@@H]5CC[C@]43C)[C@@H]2C1. The van der Waals surface area contributed by atoms with E-state index in [1.807, 2.05) is 0 Å². The van der Waals surface area contributed by atoms with Gasteiger partial charge in [0.1, 0.15) is 0 Å². The Labute approximate surface area is 207 Å². The Balaban J connectivity index is 1.61.